The Morgan fingerprint density at radius 2 is 2.11 bits per heavy atom. The summed E-state index contributed by atoms with van der Waals surface area (Å²) in [5.74, 6) is 0.804. The van der Waals surface area contributed by atoms with Crippen LogP contribution in [-0.2, 0) is 6.54 Å². The molecule has 0 saturated carbocycles. The highest BCUT2D eigenvalue weighted by atomic mass is 15.1. The molecule has 0 radical (unpaired) electrons. The molecule has 1 aromatic carbocycles. The lowest BCUT2D eigenvalue weighted by Gasteiger charge is -2.33. The van der Waals surface area contributed by atoms with Crippen molar-refractivity contribution >= 4 is 0 Å². The van der Waals surface area contributed by atoms with Crippen molar-refractivity contribution in [2.75, 3.05) is 20.1 Å². The molecule has 0 spiro atoms. The van der Waals surface area contributed by atoms with Crippen LogP contribution in [0.3, 0.4) is 0 Å². The average molecular weight is 246 g/mol. The van der Waals surface area contributed by atoms with Gasteiger partial charge in [0.15, 0.2) is 0 Å². The molecular weight excluding hydrogens is 220 g/mol. The topological polar surface area (TPSA) is 15.3 Å². The van der Waals surface area contributed by atoms with Gasteiger partial charge in [0.05, 0.1) is 0 Å². The van der Waals surface area contributed by atoms with Crippen molar-refractivity contribution in [1.29, 1.82) is 0 Å². The van der Waals surface area contributed by atoms with Crippen LogP contribution in [0, 0.1) is 12.8 Å². The summed E-state index contributed by atoms with van der Waals surface area (Å²) in [5.41, 5.74) is 2.84. The molecular formula is C16H26N2. The SMILES string of the molecule is Cc1ccccc1CN(C)CC1NCCCC1C. The molecule has 1 heterocycles. The van der Waals surface area contributed by atoms with Gasteiger partial charge < -0.3 is 10.2 Å². The molecule has 0 amide bonds. The van der Waals surface area contributed by atoms with E-state index in [1.807, 2.05) is 0 Å². The molecule has 1 saturated heterocycles. The molecule has 18 heavy (non-hydrogen) atoms. The first-order chi connectivity index (χ1) is 8.66. The monoisotopic (exact) mass is 246 g/mol. The summed E-state index contributed by atoms with van der Waals surface area (Å²) < 4.78 is 0. The molecule has 0 aliphatic carbocycles. The van der Waals surface area contributed by atoms with Gasteiger partial charge in [-0.05, 0) is 50.4 Å². The van der Waals surface area contributed by atoms with Crippen molar-refractivity contribution < 1.29 is 0 Å². The van der Waals surface area contributed by atoms with Crippen molar-refractivity contribution in [2.24, 2.45) is 5.92 Å². The maximum Gasteiger partial charge on any atom is 0.0233 e. The van der Waals surface area contributed by atoms with Crippen LogP contribution in [-0.4, -0.2) is 31.1 Å². The van der Waals surface area contributed by atoms with Crippen LogP contribution in [0.5, 0.6) is 0 Å². The van der Waals surface area contributed by atoms with Crippen molar-refractivity contribution in [3.05, 3.63) is 35.4 Å². The molecule has 2 nitrogen and oxygen atoms in total. The van der Waals surface area contributed by atoms with Gasteiger partial charge in [0.1, 0.15) is 0 Å². The Hall–Kier alpha value is -0.860. The molecule has 1 aliphatic rings. The van der Waals surface area contributed by atoms with E-state index < -0.39 is 0 Å². The van der Waals surface area contributed by atoms with Crippen LogP contribution in [0.1, 0.15) is 30.9 Å². The quantitative estimate of drug-likeness (QED) is 0.879. The maximum absolute atomic E-state index is 3.66. The second-order valence-electron chi connectivity index (χ2n) is 5.80. The number of aryl methyl sites for hydroxylation is 1. The minimum atomic E-state index is 0.660. The van der Waals surface area contributed by atoms with Crippen LogP contribution < -0.4 is 5.32 Å². The first-order valence-corrected chi connectivity index (χ1v) is 7.13. The van der Waals surface area contributed by atoms with E-state index in [1.54, 1.807) is 0 Å². The summed E-state index contributed by atoms with van der Waals surface area (Å²) in [7, 11) is 2.23. The first-order valence-electron chi connectivity index (χ1n) is 7.13. The zero-order valence-corrected chi connectivity index (χ0v) is 11.9. The number of benzene rings is 1. The number of piperidine rings is 1. The molecule has 0 aromatic heterocycles. The summed E-state index contributed by atoms with van der Waals surface area (Å²) in [6.45, 7) is 7.96. The molecule has 2 atom stereocenters. The van der Waals surface area contributed by atoms with Crippen LogP contribution in [0.15, 0.2) is 24.3 Å². The van der Waals surface area contributed by atoms with E-state index in [0.29, 0.717) is 6.04 Å². The predicted molar refractivity (Wildman–Crippen MR) is 77.7 cm³/mol. The summed E-state index contributed by atoms with van der Waals surface area (Å²) in [6.07, 6.45) is 2.70. The molecule has 1 aliphatic heterocycles. The van der Waals surface area contributed by atoms with Crippen LogP contribution in [0.4, 0.5) is 0 Å². The molecule has 1 aromatic rings. The lowest BCUT2D eigenvalue weighted by atomic mass is 9.92. The lowest BCUT2D eigenvalue weighted by molar-refractivity contribution is 0.212. The highest BCUT2D eigenvalue weighted by Gasteiger charge is 2.21. The van der Waals surface area contributed by atoms with Gasteiger partial charge in [-0.2, -0.15) is 0 Å². The molecule has 1 fully saturated rings. The second-order valence-corrected chi connectivity index (χ2v) is 5.80. The minimum Gasteiger partial charge on any atom is -0.312 e. The third-order valence-corrected chi connectivity index (χ3v) is 4.14. The summed E-state index contributed by atoms with van der Waals surface area (Å²) in [6, 6.07) is 9.35. The third kappa shape index (κ3) is 3.56. The van der Waals surface area contributed by atoms with Gasteiger partial charge in [-0.15, -0.1) is 0 Å². The normalized spacial score (nSPS) is 24.4. The smallest absolute Gasteiger partial charge is 0.0233 e. The Morgan fingerprint density at radius 1 is 1.33 bits per heavy atom. The van der Waals surface area contributed by atoms with Gasteiger partial charge in [-0.3, -0.25) is 0 Å². The number of likely N-dealkylation sites (N-methyl/N-ethyl adjacent to an activating group) is 1. The summed E-state index contributed by atoms with van der Waals surface area (Å²) >= 11 is 0. The molecule has 1 N–H and O–H groups in total. The first kappa shape index (κ1) is 13.6. The van der Waals surface area contributed by atoms with Crippen LogP contribution >= 0.6 is 0 Å². The Balaban J connectivity index is 1.88. The van der Waals surface area contributed by atoms with E-state index in [2.05, 4.69) is 55.4 Å². The van der Waals surface area contributed by atoms with Gasteiger partial charge in [-0.25, -0.2) is 0 Å². The fourth-order valence-electron chi connectivity index (χ4n) is 2.84. The number of hydrogen-bond donors (Lipinski definition) is 1. The molecule has 2 heteroatoms. The summed E-state index contributed by atoms with van der Waals surface area (Å²) in [4.78, 5) is 2.45. The number of nitrogens with zero attached hydrogens (tertiary/aromatic N) is 1. The van der Waals surface area contributed by atoms with Gasteiger partial charge in [0, 0.05) is 19.1 Å². The van der Waals surface area contributed by atoms with E-state index >= 15 is 0 Å². The summed E-state index contributed by atoms with van der Waals surface area (Å²) in [5, 5.41) is 3.66. The van der Waals surface area contributed by atoms with E-state index in [1.165, 1.54) is 30.5 Å². The van der Waals surface area contributed by atoms with Crippen molar-refractivity contribution in [3.8, 4) is 0 Å². The number of rotatable bonds is 4. The third-order valence-electron chi connectivity index (χ3n) is 4.14. The average Bonchev–Trinajstić information content (AvgIpc) is 2.35. The van der Waals surface area contributed by atoms with Crippen molar-refractivity contribution in [2.45, 2.75) is 39.3 Å². The predicted octanol–water partition coefficient (Wildman–Crippen LogP) is 2.81. The maximum atomic E-state index is 3.66. The fourth-order valence-corrected chi connectivity index (χ4v) is 2.84. The van der Waals surface area contributed by atoms with Crippen molar-refractivity contribution in [1.82, 2.24) is 10.2 Å². The molecule has 100 valence electrons. The van der Waals surface area contributed by atoms with E-state index in [9.17, 15) is 0 Å². The van der Waals surface area contributed by atoms with E-state index in [4.69, 9.17) is 0 Å². The van der Waals surface area contributed by atoms with E-state index in [0.717, 1.165) is 19.0 Å². The van der Waals surface area contributed by atoms with Gasteiger partial charge >= 0.3 is 0 Å². The lowest BCUT2D eigenvalue weighted by Crippen LogP contribution is -2.46. The van der Waals surface area contributed by atoms with Gasteiger partial charge in [0.2, 0.25) is 0 Å². The number of hydrogen-bond acceptors (Lipinski definition) is 2. The number of nitrogens with one attached hydrogen (secondary N) is 1. The minimum absolute atomic E-state index is 0.660. The Labute approximate surface area is 111 Å². The standard InChI is InChI=1S/C16H26N2/c1-13-7-4-5-9-15(13)11-18(3)12-16-14(2)8-6-10-17-16/h4-5,7,9,14,16-17H,6,8,10-12H2,1-3H3. The second kappa shape index (κ2) is 6.35. The molecule has 2 unspecified atom stereocenters. The highest BCUT2D eigenvalue weighted by molar-refractivity contribution is 5.25. The van der Waals surface area contributed by atoms with Crippen molar-refractivity contribution in [3.63, 3.8) is 0 Å². The Morgan fingerprint density at radius 3 is 2.83 bits per heavy atom. The molecule has 2 rings (SSSR count). The molecule has 0 bridgehead atoms. The Kier molecular flexibility index (Phi) is 4.79. The highest BCUT2D eigenvalue weighted by Crippen LogP contribution is 2.17. The van der Waals surface area contributed by atoms with Gasteiger partial charge in [-0.1, -0.05) is 31.2 Å². The van der Waals surface area contributed by atoms with Crippen LogP contribution in [0.25, 0.3) is 0 Å². The van der Waals surface area contributed by atoms with Crippen LogP contribution in [0.2, 0.25) is 0 Å². The fraction of sp³-hybridized carbons (Fsp3) is 0.625. The Bertz CT molecular complexity index is 375. The van der Waals surface area contributed by atoms with Gasteiger partial charge in [0.25, 0.3) is 0 Å². The zero-order valence-electron chi connectivity index (χ0n) is 11.9. The zero-order chi connectivity index (χ0) is 13.0. The largest absolute Gasteiger partial charge is 0.312 e. The van der Waals surface area contributed by atoms with E-state index in [-0.39, 0.29) is 0 Å².